The van der Waals surface area contributed by atoms with Crippen LogP contribution in [0.15, 0.2) is 60.3 Å². The van der Waals surface area contributed by atoms with E-state index in [1.807, 2.05) is 6.08 Å². The monoisotopic (exact) mass is 480 g/mol. The van der Waals surface area contributed by atoms with Gasteiger partial charge in [0.2, 0.25) is 0 Å². The smallest absolute Gasteiger partial charge is 0.142 e. The fourth-order valence-electron chi connectivity index (χ4n) is 4.51. The number of likely N-dealkylation sites (tertiary alicyclic amines) is 1. The Balaban J connectivity index is 1.40. The Hall–Kier alpha value is -2.96. The largest absolute Gasteiger partial charge is 0.384 e. The molecule has 1 aromatic heterocycles. The van der Waals surface area contributed by atoms with Crippen LogP contribution in [0.5, 0.6) is 0 Å². The molecule has 0 aliphatic carbocycles. The van der Waals surface area contributed by atoms with Crippen molar-refractivity contribution in [2.75, 3.05) is 13.1 Å². The molecule has 34 heavy (non-hydrogen) atoms. The number of imidazole rings is 1. The predicted octanol–water partition coefficient (Wildman–Crippen LogP) is 5.32. The zero-order chi connectivity index (χ0) is 24.1. The van der Waals surface area contributed by atoms with Crippen molar-refractivity contribution < 1.29 is 9.18 Å². The first-order valence-electron chi connectivity index (χ1n) is 11.6. The molecule has 2 aromatic carbocycles. The summed E-state index contributed by atoms with van der Waals surface area (Å²) in [5.74, 6) is 1.06. The molecule has 1 N–H and O–H groups in total. The Morgan fingerprint density at radius 2 is 2.00 bits per heavy atom. The Bertz CT molecular complexity index is 1220. The molecule has 0 bridgehead atoms. The Morgan fingerprint density at radius 1 is 1.21 bits per heavy atom. The molecule has 1 aliphatic heterocycles. The lowest BCUT2D eigenvalue weighted by molar-refractivity contribution is -0.104. The number of halogens is 2. The molecular formula is C27H30ClFN4O. The molecule has 0 atom stereocenters. The zero-order valence-electron chi connectivity index (χ0n) is 19.6. The maximum absolute atomic E-state index is 14.2. The molecule has 7 heteroatoms. The van der Waals surface area contributed by atoms with Crippen LogP contribution >= 0.6 is 11.6 Å². The van der Waals surface area contributed by atoms with Crippen molar-refractivity contribution in [3.8, 4) is 0 Å². The van der Waals surface area contributed by atoms with E-state index in [4.69, 9.17) is 16.6 Å². The highest BCUT2D eigenvalue weighted by molar-refractivity contribution is 6.30. The second-order valence-electron chi connectivity index (χ2n) is 8.86. The second kappa shape index (κ2) is 11.0. The van der Waals surface area contributed by atoms with Gasteiger partial charge in [-0.1, -0.05) is 29.8 Å². The molecular weight excluding hydrogens is 451 g/mol. The van der Waals surface area contributed by atoms with Crippen LogP contribution in [0.2, 0.25) is 5.02 Å². The minimum absolute atomic E-state index is 0.311. The number of piperidine rings is 1. The third kappa shape index (κ3) is 5.75. The molecule has 0 unspecified atom stereocenters. The van der Waals surface area contributed by atoms with Crippen molar-refractivity contribution >= 4 is 28.9 Å². The third-order valence-electron chi connectivity index (χ3n) is 6.48. The van der Waals surface area contributed by atoms with Gasteiger partial charge in [0.25, 0.3) is 0 Å². The topological polar surface area (TPSA) is 50.2 Å². The molecule has 0 spiro atoms. The van der Waals surface area contributed by atoms with Gasteiger partial charge in [-0.2, -0.15) is 0 Å². The molecule has 0 radical (unpaired) electrons. The summed E-state index contributed by atoms with van der Waals surface area (Å²) in [6.45, 7) is 5.15. The zero-order valence-corrected chi connectivity index (χ0v) is 20.4. The number of aromatic nitrogens is 2. The Morgan fingerprint density at radius 3 is 2.74 bits per heavy atom. The van der Waals surface area contributed by atoms with Crippen molar-refractivity contribution in [3.05, 3.63) is 88.1 Å². The minimum Gasteiger partial charge on any atom is -0.384 e. The summed E-state index contributed by atoms with van der Waals surface area (Å²) < 4.78 is 16.4. The summed E-state index contributed by atoms with van der Waals surface area (Å²) in [5.41, 5.74) is 4.99. The first kappa shape index (κ1) is 24.2. The van der Waals surface area contributed by atoms with Crippen LogP contribution in [0.25, 0.3) is 11.0 Å². The summed E-state index contributed by atoms with van der Waals surface area (Å²) in [7, 11) is 2.08. The number of nitrogens with zero attached hydrogens (tertiary/aromatic N) is 3. The molecule has 0 amide bonds. The summed E-state index contributed by atoms with van der Waals surface area (Å²) in [5, 5.41) is 3.78. The summed E-state index contributed by atoms with van der Waals surface area (Å²) in [6, 6.07) is 11.1. The Kier molecular flexibility index (Phi) is 7.80. The van der Waals surface area contributed by atoms with Crippen LogP contribution in [-0.2, 0) is 24.9 Å². The fraction of sp³-hybridized carbons (Fsp3) is 0.333. The van der Waals surface area contributed by atoms with E-state index in [2.05, 4.69) is 47.0 Å². The number of hydrogen-bond acceptors (Lipinski definition) is 4. The SMILES string of the molecule is Cc1ccc2c(c1)nc(CN1CCC(/C(=C/C=C\C=O)NCc3ccc(Cl)cc3F)CC1)n2C. The number of carbonyl (C=O) groups is 1. The first-order valence-corrected chi connectivity index (χ1v) is 12.0. The number of aldehydes is 1. The highest BCUT2D eigenvalue weighted by atomic mass is 35.5. The highest BCUT2D eigenvalue weighted by Gasteiger charge is 2.23. The average Bonchev–Trinajstić information content (AvgIpc) is 3.12. The van der Waals surface area contributed by atoms with Crippen LogP contribution in [-0.4, -0.2) is 33.8 Å². The maximum atomic E-state index is 14.2. The van der Waals surface area contributed by atoms with E-state index in [-0.39, 0.29) is 5.82 Å². The molecule has 3 aromatic rings. The van der Waals surface area contributed by atoms with Gasteiger partial charge in [0, 0.05) is 35.8 Å². The van der Waals surface area contributed by atoms with Crippen molar-refractivity contribution in [2.45, 2.75) is 32.9 Å². The summed E-state index contributed by atoms with van der Waals surface area (Å²) in [6.07, 6.45) is 7.83. The molecule has 178 valence electrons. The van der Waals surface area contributed by atoms with Crippen molar-refractivity contribution in [2.24, 2.45) is 13.0 Å². The van der Waals surface area contributed by atoms with Gasteiger partial charge < -0.3 is 9.88 Å². The molecule has 5 nitrogen and oxygen atoms in total. The minimum atomic E-state index is -0.324. The number of fused-ring (bicyclic) bond motifs is 1. The third-order valence-corrected chi connectivity index (χ3v) is 6.72. The van der Waals surface area contributed by atoms with Gasteiger partial charge in [-0.3, -0.25) is 9.69 Å². The number of aryl methyl sites for hydroxylation is 2. The maximum Gasteiger partial charge on any atom is 0.142 e. The van der Waals surface area contributed by atoms with E-state index in [1.54, 1.807) is 18.2 Å². The molecule has 0 saturated carbocycles. The number of benzene rings is 2. The van der Waals surface area contributed by atoms with Crippen LogP contribution in [0.4, 0.5) is 4.39 Å². The summed E-state index contributed by atoms with van der Waals surface area (Å²) >= 11 is 5.87. The lowest BCUT2D eigenvalue weighted by atomic mass is 9.92. The van der Waals surface area contributed by atoms with Gasteiger partial charge in [-0.05, 0) is 74.8 Å². The molecule has 4 rings (SSSR count). The lowest BCUT2D eigenvalue weighted by Gasteiger charge is -2.33. The van der Waals surface area contributed by atoms with E-state index in [0.29, 0.717) is 23.0 Å². The number of rotatable bonds is 8. The van der Waals surface area contributed by atoms with Gasteiger partial charge in [0.15, 0.2) is 0 Å². The van der Waals surface area contributed by atoms with Gasteiger partial charge in [0.05, 0.1) is 17.6 Å². The standard InChI is InChI=1S/C27H30ClFN4O/c1-19-6-9-26-25(15-19)31-27(32(26)2)18-33-12-10-20(11-13-33)24(5-3-4-14-34)30-17-21-7-8-22(28)16-23(21)29/h3-9,14-16,20,30H,10-13,17-18H2,1-2H3/b4-3-,24-5-. The van der Waals surface area contributed by atoms with Gasteiger partial charge in [-0.15, -0.1) is 0 Å². The molecule has 1 fully saturated rings. The fourth-order valence-corrected chi connectivity index (χ4v) is 4.67. The van der Waals surface area contributed by atoms with Crippen molar-refractivity contribution in [1.29, 1.82) is 0 Å². The van der Waals surface area contributed by atoms with Crippen molar-refractivity contribution in [1.82, 2.24) is 19.8 Å². The normalized spacial score (nSPS) is 15.9. The number of carbonyl (C=O) groups excluding carboxylic acids is 1. The first-order chi connectivity index (χ1) is 16.4. The number of hydrogen-bond donors (Lipinski definition) is 1. The van der Waals surface area contributed by atoms with Crippen LogP contribution < -0.4 is 5.32 Å². The predicted molar refractivity (Wildman–Crippen MR) is 135 cm³/mol. The van der Waals surface area contributed by atoms with Crippen LogP contribution in [0, 0.1) is 18.7 Å². The Labute approximate surface area is 204 Å². The number of allylic oxidation sites excluding steroid dienone is 4. The molecule has 2 heterocycles. The quantitative estimate of drug-likeness (QED) is 0.269. The van der Waals surface area contributed by atoms with E-state index in [0.717, 1.165) is 61.3 Å². The summed E-state index contributed by atoms with van der Waals surface area (Å²) in [4.78, 5) is 18.0. The molecule has 1 saturated heterocycles. The van der Waals surface area contributed by atoms with Crippen LogP contribution in [0.3, 0.4) is 0 Å². The van der Waals surface area contributed by atoms with E-state index < -0.39 is 0 Å². The second-order valence-corrected chi connectivity index (χ2v) is 9.30. The molecule has 1 aliphatic rings. The van der Waals surface area contributed by atoms with Gasteiger partial charge in [-0.25, -0.2) is 9.37 Å². The van der Waals surface area contributed by atoms with Gasteiger partial charge in [0.1, 0.15) is 17.9 Å². The van der Waals surface area contributed by atoms with E-state index in [1.165, 1.54) is 17.7 Å². The van der Waals surface area contributed by atoms with E-state index >= 15 is 0 Å². The average molecular weight is 481 g/mol. The highest BCUT2D eigenvalue weighted by Crippen LogP contribution is 2.26. The number of nitrogens with one attached hydrogen (secondary N) is 1. The van der Waals surface area contributed by atoms with E-state index in [9.17, 15) is 9.18 Å². The van der Waals surface area contributed by atoms with Crippen molar-refractivity contribution in [3.63, 3.8) is 0 Å². The van der Waals surface area contributed by atoms with Gasteiger partial charge >= 0.3 is 0 Å². The lowest BCUT2D eigenvalue weighted by Crippen LogP contribution is -2.36. The van der Waals surface area contributed by atoms with Crippen LogP contribution in [0.1, 0.15) is 29.8 Å².